The van der Waals surface area contributed by atoms with Gasteiger partial charge in [0.15, 0.2) is 0 Å². The number of nitrogens with one attached hydrogen (secondary N) is 1. The normalized spacial score (nSPS) is 16.6. The van der Waals surface area contributed by atoms with Gasteiger partial charge < -0.3 is 0 Å². The molecular formula is C19H22N2O5S2. The van der Waals surface area contributed by atoms with Gasteiger partial charge in [0.1, 0.15) is 0 Å². The number of anilines is 2. The maximum atomic E-state index is 12.8. The van der Waals surface area contributed by atoms with Crippen molar-refractivity contribution in [3.63, 3.8) is 0 Å². The molecule has 0 atom stereocenters. The second kappa shape index (κ2) is 7.21. The number of nitrogens with zero attached hydrogens (tertiary/aromatic N) is 1. The lowest BCUT2D eigenvalue weighted by Gasteiger charge is -2.17. The number of hydrogen-bond donors (Lipinski definition) is 1. The first-order valence-corrected chi connectivity index (χ1v) is 11.9. The van der Waals surface area contributed by atoms with Gasteiger partial charge in [-0.3, -0.25) is 9.52 Å². The summed E-state index contributed by atoms with van der Waals surface area (Å²) in [5.74, 6) is -0.415. The number of aryl methyl sites for hydroxylation is 1. The Morgan fingerprint density at radius 1 is 1.07 bits per heavy atom. The van der Waals surface area contributed by atoms with Gasteiger partial charge in [-0.15, -0.1) is 0 Å². The Kier molecular flexibility index (Phi) is 5.24. The largest absolute Gasteiger partial charge is 0.280 e. The predicted molar refractivity (Wildman–Crippen MR) is 108 cm³/mol. The molecule has 150 valence electrons. The first-order valence-electron chi connectivity index (χ1n) is 8.80. The molecule has 0 bridgehead atoms. The van der Waals surface area contributed by atoms with E-state index in [4.69, 9.17) is 0 Å². The van der Waals surface area contributed by atoms with E-state index in [0.29, 0.717) is 17.2 Å². The molecule has 3 rings (SSSR count). The number of amides is 1. The molecule has 28 heavy (non-hydrogen) atoms. The third kappa shape index (κ3) is 3.90. The molecule has 0 radical (unpaired) electrons. The van der Waals surface area contributed by atoms with E-state index < -0.39 is 26.0 Å². The molecule has 2 aromatic carbocycles. The summed E-state index contributed by atoms with van der Waals surface area (Å²) in [6, 6.07) is 11.2. The molecule has 9 heteroatoms. The summed E-state index contributed by atoms with van der Waals surface area (Å²) >= 11 is 0. The van der Waals surface area contributed by atoms with Gasteiger partial charge in [-0.2, -0.15) is 0 Å². The molecule has 0 unspecified atom stereocenters. The standard InChI is InChI=1S/C19H22N2O5S2/c1-13(2)15-4-6-16(7-5-15)20-28(25,26)18-9-8-17(12-14(18)3)21-19(22)10-11-27(21,23)24/h4-9,12-13,20H,10-11H2,1-3H3. The summed E-state index contributed by atoms with van der Waals surface area (Å²) in [4.78, 5) is 11.9. The van der Waals surface area contributed by atoms with Crippen LogP contribution in [0.2, 0.25) is 0 Å². The van der Waals surface area contributed by atoms with Crippen molar-refractivity contribution in [2.24, 2.45) is 0 Å². The van der Waals surface area contributed by atoms with Crippen molar-refractivity contribution < 1.29 is 21.6 Å². The van der Waals surface area contributed by atoms with Crippen molar-refractivity contribution >= 4 is 37.3 Å². The summed E-state index contributed by atoms with van der Waals surface area (Å²) in [6.07, 6.45) is -0.0740. The first kappa shape index (κ1) is 20.3. The summed E-state index contributed by atoms with van der Waals surface area (Å²) in [5.41, 5.74) is 2.03. The summed E-state index contributed by atoms with van der Waals surface area (Å²) in [6.45, 7) is 5.66. The molecule has 0 aliphatic carbocycles. The van der Waals surface area contributed by atoms with E-state index in [1.807, 2.05) is 12.1 Å². The Labute approximate surface area is 165 Å². The van der Waals surface area contributed by atoms with E-state index in [2.05, 4.69) is 18.6 Å². The number of sulfonamides is 2. The van der Waals surface area contributed by atoms with Crippen molar-refractivity contribution in [1.29, 1.82) is 0 Å². The van der Waals surface area contributed by atoms with Gasteiger partial charge >= 0.3 is 0 Å². The van der Waals surface area contributed by atoms with E-state index in [9.17, 15) is 21.6 Å². The van der Waals surface area contributed by atoms with Crippen molar-refractivity contribution in [3.8, 4) is 0 Å². The highest BCUT2D eigenvalue weighted by atomic mass is 32.2. The van der Waals surface area contributed by atoms with Gasteiger partial charge in [0, 0.05) is 12.1 Å². The number of benzene rings is 2. The number of rotatable bonds is 5. The van der Waals surface area contributed by atoms with Crippen molar-refractivity contribution in [2.75, 3.05) is 14.8 Å². The monoisotopic (exact) mass is 422 g/mol. The molecule has 2 aromatic rings. The van der Waals surface area contributed by atoms with Crippen LogP contribution in [0.5, 0.6) is 0 Å². The lowest BCUT2D eigenvalue weighted by atomic mass is 10.0. The van der Waals surface area contributed by atoms with E-state index in [1.165, 1.54) is 18.2 Å². The van der Waals surface area contributed by atoms with Crippen LogP contribution in [0.1, 0.15) is 37.3 Å². The van der Waals surface area contributed by atoms with Gasteiger partial charge in [0.25, 0.3) is 10.0 Å². The minimum Gasteiger partial charge on any atom is -0.280 e. The molecule has 1 aliphatic heterocycles. The molecule has 0 saturated carbocycles. The van der Waals surface area contributed by atoms with Crippen LogP contribution >= 0.6 is 0 Å². The third-order valence-corrected chi connectivity index (χ3v) is 7.82. The minimum absolute atomic E-state index is 0.0215. The summed E-state index contributed by atoms with van der Waals surface area (Å²) in [7, 11) is -7.56. The fourth-order valence-electron chi connectivity index (χ4n) is 3.08. The van der Waals surface area contributed by atoms with E-state index in [1.54, 1.807) is 19.1 Å². The highest BCUT2D eigenvalue weighted by Crippen LogP contribution is 2.29. The molecule has 1 amide bonds. The average Bonchev–Trinajstić information content (AvgIpc) is 2.87. The number of hydrogen-bond acceptors (Lipinski definition) is 5. The van der Waals surface area contributed by atoms with Gasteiger partial charge in [-0.25, -0.2) is 21.1 Å². The molecular weight excluding hydrogens is 400 g/mol. The maximum Gasteiger partial charge on any atom is 0.262 e. The van der Waals surface area contributed by atoms with Crippen LogP contribution in [0.4, 0.5) is 11.4 Å². The minimum atomic E-state index is -3.86. The van der Waals surface area contributed by atoms with Gasteiger partial charge in [-0.1, -0.05) is 26.0 Å². The van der Waals surface area contributed by atoms with Crippen molar-refractivity contribution in [2.45, 2.75) is 38.0 Å². The highest BCUT2D eigenvalue weighted by Gasteiger charge is 2.36. The molecule has 1 saturated heterocycles. The van der Waals surface area contributed by atoms with Crippen molar-refractivity contribution in [1.82, 2.24) is 0 Å². The smallest absolute Gasteiger partial charge is 0.262 e. The van der Waals surface area contributed by atoms with Crippen LogP contribution in [0.3, 0.4) is 0 Å². The molecule has 1 N–H and O–H groups in total. The van der Waals surface area contributed by atoms with E-state index in [-0.39, 0.29) is 22.8 Å². The van der Waals surface area contributed by atoms with Gasteiger partial charge in [-0.05, 0) is 54.3 Å². The van der Waals surface area contributed by atoms with E-state index >= 15 is 0 Å². The second-order valence-electron chi connectivity index (χ2n) is 7.06. The molecule has 7 nitrogen and oxygen atoms in total. The SMILES string of the molecule is Cc1cc(N2C(=O)CCS2(=O)=O)ccc1S(=O)(=O)Nc1ccc(C(C)C)cc1. The van der Waals surface area contributed by atoms with Crippen molar-refractivity contribution in [3.05, 3.63) is 53.6 Å². The molecule has 1 aliphatic rings. The Hall–Kier alpha value is -2.39. The quantitative estimate of drug-likeness (QED) is 0.798. The second-order valence-corrected chi connectivity index (χ2v) is 10.6. The zero-order valence-corrected chi connectivity index (χ0v) is 17.5. The maximum absolute atomic E-state index is 12.8. The summed E-state index contributed by atoms with van der Waals surface area (Å²) in [5, 5.41) is 0. The average molecular weight is 423 g/mol. The lowest BCUT2D eigenvalue weighted by molar-refractivity contribution is -0.116. The van der Waals surface area contributed by atoms with E-state index in [0.717, 1.165) is 9.87 Å². The summed E-state index contributed by atoms with van der Waals surface area (Å²) < 4.78 is 52.9. The zero-order chi connectivity index (χ0) is 20.7. The first-order chi connectivity index (χ1) is 13.0. The Morgan fingerprint density at radius 2 is 1.71 bits per heavy atom. The van der Waals surface area contributed by atoms with Crippen LogP contribution in [0, 0.1) is 6.92 Å². The van der Waals surface area contributed by atoms with Gasteiger partial charge in [0.05, 0.1) is 16.3 Å². The van der Waals surface area contributed by atoms with Crippen LogP contribution < -0.4 is 9.03 Å². The fraction of sp³-hybridized carbons (Fsp3) is 0.316. The van der Waals surface area contributed by atoms with Crippen LogP contribution in [0.15, 0.2) is 47.4 Å². The lowest BCUT2D eigenvalue weighted by Crippen LogP contribution is -2.29. The third-order valence-electron chi connectivity index (χ3n) is 4.59. The molecule has 1 fully saturated rings. The molecule has 0 aromatic heterocycles. The number of carbonyl (C=O) groups is 1. The number of carbonyl (C=O) groups excluding carboxylic acids is 1. The highest BCUT2D eigenvalue weighted by molar-refractivity contribution is 7.94. The Morgan fingerprint density at radius 3 is 2.21 bits per heavy atom. The molecule has 1 heterocycles. The fourth-order valence-corrected chi connectivity index (χ4v) is 5.81. The van der Waals surface area contributed by atoms with Gasteiger partial charge in [0.2, 0.25) is 15.9 Å². The van der Waals surface area contributed by atoms with Crippen LogP contribution in [-0.2, 0) is 24.8 Å². The Balaban J connectivity index is 1.89. The predicted octanol–water partition coefficient (Wildman–Crippen LogP) is 2.99. The molecule has 0 spiro atoms. The Bertz CT molecular complexity index is 1120. The van der Waals surface area contributed by atoms with Crippen LogP contribution in [0.25, 0.3) is 0 Å². The topological polar surface area (TPSA) is 101 Å². The van der Waals surface area contributed by atoms with Crippen LogP contribution in [-0.4, -0.2) is 28.5 Å². The zero-order valence-electron chi connectivity index (χ0n) is 15.8.